The highest BCUT2D eigenvalue weighted by atomic mass is 35.5. The maximum absolute atomic E-state index is 11.2. The molecule has 0 aromatic carbocycles. The van der Waals surface area contributed by atoms with E-state index < -0.39 is 22.2 Å². The Morgan fingerprint density at radius 1 is 1.00 bits per heavy atom. The summed E-state index contributed by atoms with van der Waals surface area (Å²) in [6, 6.07) is -0.744. The summed E-state index contributed by atoms with van der Waals surface area (Å²) < 4.78 is -2.18. The normalized spacial score (nSPS) is 22.6. The Bertz CT molecular complexity index is 276. The van der Waals surface area contributed by atoms with Crippen LogP contribution in [0.1, 0.15) is 0 Å². The van der Waals surface area contributed by atoms with Gasteiger partial charge in [-0.15, -0.1) is 0 Å². The molecular weight excluding hydrogens is 219 g/mol. The van der Waals surface area contributed by atoms with E-state index in [0.717, 1.165) is 0 Å². The fourth-order valence-corrected chi connectivity index (χ4v) is 1.42. The van der Waals surface area contributed by atoms with Crippen LogP contribution in [0.25, 0.3) is 0 Å². The number of hydrogen-bond donors (Lipinski definition) is 0. The van der Waals surface area contributed by atoms with Gasteiger partial charge in [0.1, 0.15) is 0 Å². The molecule has 0 saturated carbocycles. The number of nitrogens with zero attached hydrogens (tertiary/aromatic N) is 2. The van der Waals surface area contributed by atoms with Gasteiger partial charge in [-0.05, 0) is 0 Å². The van der Waals surface area contributed by atoms with Crippen molar-refractivity contribution in [3.05, 3.63) is 0 Å². The average molecular weight is 225 g/mol. The van der Waals surface area contributed by atoms with Crippen molar-refractivity contribution in [1.82, 2.24) is 9.80 Å². The summed E-state index contributed by atoms with van der Waals surface area (Å²) in [6.45, 7) is 0. The first-order valence-corrected chi connectivity index (χ1v) is 4.04. The van der Waals surface area contributed by atoms with Crippen LogP contribution in [0.2, 0.25) is 0 Å². The number of rotatable bonds is 0. The van der Waals surface area contributed by atoms with Crippen molar-refractivity contribution >= 4 is 41.0 Å². The minimum absolute atomic E-state index is 0.696. The molecule has 0 atom stereocenters. The van der Waals surface area contributed by atoms with Gasteiger partial charge >= 0.3 is 6.03 Å². The van der Waals surface area contributed by atoms with Gasteiger partial charge in [0.05, 0.1) is 0 Å². The number of hydrogen-bond acceptors (Lipinski definition) is 3. The summed E-state index contributed by atoms with van der Waals surface area (Å²) in [5, 5.41) is 0. The van der Waals surface area contributed by atoms with E-state index in [4.69, 9.17) is 23.2 Å². The highest BCUT2D eigenvalue weighted by Gasteiger charge is 2.53. The molecule has 0 N–H and O–H groups in total. The molecule has 72 valence electrons. The highest BCUT2D eigenvalue weighted by molar-refractivity contribution is 6.69. The van der Waals surface area contributed by atoms with Gasteiger partial charge in [-0.3, -0.25) is 19.4 Å². The Balaban J connectivity index is 3.15. The highest BCUT2D eigenvalue weighted by Crippen LogP contribution is 2.29. The van der Waals surface area contributed by atoms with Gasteiger partial charge < -0.3 is 0 Å². The van der Waals surface area contributed by atoms with E-state index in [1.54, 1.807) is 0 Å². The topological polar surface area (TPSA) is 57.7 Å². The van der Waals surface area contributed by atoms with Crippen molar-refractivity contribution in [3.8, 4) is 0 Å². The lowest BCUT2D eigenvalue weighted by Crippen LogP contribution is -2.62. The van der Waals surface area contributed by atoms with Crippen LogP contribution in [0.4, 0.5) is 4.79 Å². The van der Waals surface area contributed by atoms with Crippen LogP contribution in [0.3, 0.4) is 0 Å². The number of alkyl halides is 2. The Hall–Kier alpha value is -0.810. The first-order chi connectivity index (χ1) is 5.80. The predicted octanol–water partition coefficient (Wildman–Crippen LogP) is 0.211. The zero-order valence-corrected chi connectivity index (χ0v) is 8.39. The van der Waals surface area contributed by atoms with Crippen LogP contribution in [-0.2, 0) is 9.59 Å². The Labute approximate surface area is 84.2 Å². The average Bonchev–Trinajstić information content (AvgIpc) is 2.09. The first-order valence-electron chi connectivity index (χ1n) is 3.28. The van der Waals surface area contributed by atoms with Gasteiger partial charge in [-0.2, -0.15) is 0 Å². The molecule has 5 nitrogen and oxygen atoms in total. The fraction of sp³-hybridized carbons (Fsp3) is 0.500. The standard InChI is InChI=1S/C6H6Cl2N2O3/c1-9-3(11)6(7,8)4(12)10(2)5(9)13/h1-2H3. The minimum Gasteiger partial charge on any atom is -0.270 e. The van der Waals surface area contributed by atoms with E-state index >= 15 is 0 Å². The summed E-state index contributed by atoms with van der Waals surface area (Å²) >= 11 is 10.9. The van der Waals surface area contributed by atoms with Gasteiger partial charge in [0.25, 0.3) is 16.1 Å². The van der Waals surface area contributed by atoms with E-state index in [1.165, 1.54) is 14.1 Å². The van der Waals surface area contributed by atoms with Crippen LogP contribution < -0.4 is 0 Å². The maximum atomic E-state index is 11.2. The van der Waals surface area contributed by atoms with Crippen LogP contribution in [0, 0.1) is 0 Å². The number of halogens is 2. The second kappa shape index (κ2) is 2.85. The van der Waals surface area contributed by atoms with Crippen LogP contribution in [-0.4, -0.2) is 46.1 Å². The van der Waals surface area contributed by atoms with Gasteiger partial charge in [0, 0.05) is 14.1 Å². The summed E-state index contributed by atoms with van der Waals surface area (Å²) in [5.41, 5.74) is 0. The molecule has 1 fully saturated rings. The molecule has 1 rings (SSSR count). The van der Waals surface area contributed by atoms with E-state index in [9.17, 15) is 14.4 Å². The zero-order chi connectivity index (χ0) is 10.4. The third-order valence-electron chi connectivity index (χ3n) is 1.72. The van der Waals surface area contributed by atoms with Crippen molar-refractivity contribution in [1.29, 1.82) is 0 Å². The molecule has 0 unspecified atom stereocenters. The SMILES string of the molecule is CN1C(=O)N(C)C(=O)C(Cl)(Cl)C1=O. The lowest BCUT2D eigenvalue weighted by atomic mass is 10.2. The molecule has 0 bridgehead atoms. The summed E-state index contributed by atoms with van der Waals surface area (Å²) in [5.74, 6) is -1.85. The Morgan fingerprint density at radius 3 is 1.62 bits per heavy atom. The molecule has 0 aliphatic carbocycles. The van der Waals surface area contributed by atoms with Crippen LogP contribution >= 0.6 is 23.2 Å². The molecule has 0 radical (unpaired) electrons. The van der Waals surface area contributed by atoms with E-state index in [0.29, 0.717) is 9.80 Å². The van der Waals surface area contributed by atoms with E-state index in [2.05, 4.69) is 0 Å². The molecule has 4 amide bonds. The van der Waals surface area contributed by atoms with Gasteiger partial charge in [-0.1, -0.05) is 23.2 Å². The fourth-order valence-electron chi connectivity index (χ4n) is 0.911. The molecule has 1 aliphatic heterocycles. The molecule has 1 saturated heterocycles. The van der Waals surface area contributed by atoms with Crippen molar-refractivity contribution in [2.75, 3.05) is 14.1 Å². The van der Waals surface area contributed by atoms with Crippen molar-refractivity contribution in [2.45, 2.75) is 4.33 Å². The lowest BCUT2D eigenvalue weighted by Gasteiger charge is -2.34. The molecule has 7 heteroatoms. The third kappa shape index (κ3) is 1.28. The number of imide groups is 2. The number of carbonyl (C=O) groups excluding carboxylic acids is 3. The lowest BCUT2D eigenvalue weighted by molar-refractivity contribution is -0.142. The minimum atomic E-state index is -2.18. The number of carbonyl (C=O) groups is 3. The molecule has 0 aromatic heterocycles. The molecule has 1 heterocycles. The zero-order valence-electron chi connectivity index (χ0n) is 6.88. The Morgan fingerprint density at radius 2 is 1.31 bits per heavy atom. The second-order valence-electron chi connectivity index (χ2n) is 2.59. The van der Waals surface area contributed by atoms with Gasteiger partial charge in [0.15, 0.2) is 0 Å². The van der Waals surface area contributed by atoms with Crippen molar-refractivity contribution < 1.29 is 14.4 Å². The van der Waals surface area contributed by atoms with Gasteiger partial charge in [0.2, 0.25) is 0 Å². The Kier molecular flexibility index (Phi) is 2.25. The molecule has 13 heavy (non-hydrogen) atoms. The van der Waals surface area contributed by atoms with E-state index in [1.807, 2.05) is 0 Å². The number of amides is 4. The summed E-state index contributed by atoms with van der Waals surface area (Å²) in [4.78, 5) is 34.9. The third-order valence-corrected chi connectivity index (χ3v) is 2.37. The van der Waals surface area contributed by atoms with Crippen molar-refractivity contribution in [2.24, 2.45) is 0 Å². The summed E-state index contributed by atoms with van der Waals surface area (Å²) in [7, 11) is 2.40. The second-order valence-corrected chi connectivity index (χ2v) is 3.91. The van der Waals surface area contributed by atoms with Crippen molar-refractivity contribution in [3.63, 3.8) is 0 Å². The molecular formula is C6H6Cl2N2O3. The number of urea groups is 1. The molecule has 1 aliphatic rings. The summed E-state index contributed by atoms with van der Waals surface area (Å²) in [6.07, 6.45) is 0. The quantitative estimate of drug-likeness (QED) is 0.437. The first kappa shape index (κ1) is 10.3. The van der Waals surface area contributed by atoms with Gasteiger partial charge in [-0.25, -0.2) is 4.79 Å². The van der Waals surface area contributed by atoms with E-state index in [-0.39, 0.29) is 0 Å². The van der Waals surface area contributed by atoms with Crippen LogP contribution in [0.5, 0.6) is 0 Å². The monoisotopic (exact) mass is 224 g/mol. The molecule has 0 spiro atoms. The maximum Gasteiger partial charge on any atom is 0.333 e. The largest absolute Gasteiger partial charge is 0.333 e. The molecule has 0 aromatic rings. The van der Waals surface area contributed by atoms with Crippen LogP contribution in [0.15, 0.2) is 0 Å². The smallest absolute Gasteiger partial charge is 0.270 e. The number of barbiturate groups is 1. The predicted molar refractivity (Wildman–Crippen MR) is 45.4 cm³/mol.